The Bertz CT molecular complexity index is 639. The first-order chi connectivity index (χ1) is 9.72. The van der Waals surface area contributed by atoms with Crippen LogP contribution in [0.5, 0.6) is 0 Å². The second-order valence-corrected chi connectivity index (χ2v) is 4.10. The second kappa shape index (κ2) is 6.50. The molecule has 0 spiro atoms. The summed E-state index contributed by atoms with van der Waals surface area (Å²) >= 11 is 0. The highest BCUT2D eigenvalue weighted by molar-refractivity contribution is 5.94. The summed E-state index contributed by atoms with van der Waals surface area (Å²) in [6.45, 7) is 0.622. The molecular weight excluding hydrogens is 254 g/mol. The fraction of sp³-hybridized carbons (Fsp3) is 0.214. The summed E-state index contributed by atoms with van der Waals surface area (Å²) in [7, 11) is 1.69. The normalized spacial score (nSPS) is 9.70. The molecule has 0 saturated heterocycles. The standard InChI is InChI=1S/C14H15N5O/c1-19(10-12-16-8-9-17-12)14(20)13-11(4-2-6-15)5-3-7-18-13/h3,5,7-9H,6,10,15H2,1H3,(H,16,17). The summed E-state index contributed by atoms with van der Waals surface area (Å²) in [5.41, 5.74) is 6.25. The van der Waals surface area contributed by atoms with Crippen LogP contribution in [-0.4, -0.2) is 39.4 Å². The van der Waals surface area contributed by atoms with Gasteiger partial charge in [0, 0.05) is 25.6 Å². The van der Waals surface area contributed by atoms with Gasteiger partial charge in [0.05, 0.1) is 18.7 Å². The molecule has 0 aromatic carbocycles. The lowest BCUT2D eigenvalue weighted by molar-refractivity contribution is 0.0776. The molecule has 0 unspecified atom stereocenters. The summed E-state index contributed by atoms with van der Waals surface area (Å²) in [4.78, 5) is 25.1. The maximum absolute atomic E-state index is 12.4. The van der Waals surface area contributed by atoms with Crippen molar-refractivity contribution in [2.75, 3.05) is 13.6 Å². The van der Waals surface area contributed by atoms with E-state index in [1.165, 1.54) is 4.90 Å². The van der Waals surface area contributed by atoms with E-state index in [1.807, 2.05) is 0 Å². The van der Waals surface area contributed by atoms with Gasteiger partial charge in [-0.2, -0.15) is 0 Å². The molecule has 2 aromatic heterocycles. The minimum atomic E-state index is -0.205. The van der Waals surface area contributed by atoms with Gasteiger partial charge in [0.1, 0.15) is 11.5 Å². The number of carbonyl (C=O) groups is 1. The number of imidazole rings is 1. The van der Waals surface area contributed by atoms with Crippen molar-refractivity contribution in [3.8, 4) is 11.8 Å². The smallest absolute Gasteiger partial charge is 0.273 e. The van der Waals surface area contributed by atoms with Crippen molar-refractivity contribution < 1.29 is 4.79 Å². The number of hydrogen-bond acceptors (Lipinski definition) is 4. The first-order valence-corrected chi connectivity index (χ1v) is 6.10. The molecule has 102 valence electrons. The van der Waals surface area contributed by atoms with E-state index in [0.29, 0.717) is 23.6 Å². The van der Waals surface area contributed by atoms with E-state index in [1.54, 1.807) is 37.8 Å². The lowest BCUT2D eigenvalue weighted by Crippen LogP contribution is -2.28. The highest BCUT2D eigenvalue weighted by Gasteiger charge is 2.17. The Balaban J connectivity index is 2.20. The molecule has 0 bridgehead atoms. The summed E-state index contributed by atoms with van der Waals surface area (Å²) < 4.78 is 0. The molecule has 0 aliphatic heterocycles. The molecule has 2 rings (SSSR count). The SMILES string of the molecule is CN(Cc1ncc[nH]1)C(=O)c1ncccc1C#CCN. The zero-order valence-corrected chi connectivity index (χ0v) is 11.1. The van der Waals surface area contributed by atoms with Crippen molar-refractivity contribution in [2.45, 2.75) is 6.54 Å². The Morgan fingerprint density at radius 3 is 3.00 bits per heavy atom. The van der Waals surface area contributed by atoms with Gasteiger partial charge in [0.25, 0.3) is 5.91 Å². The van der Waals surface area contributed by atoms with E-state index in [2.05, 4.69) is 26.8 Å². The number of rotatable bonds is 3. The van der Waals surface area contributed by atoms with E-state index in [-0.39, 0.29) is 12.5 Å². The highest BCUT2D eigenvalue weighted by Crippen LogP contribution is 2.08. The summed E-state index contributed by atoms with van der Waals surface area (Å²) in [5, 5.41) is 0. The predicted molar refractivity (Wildman–Crippen MR) is 74.6 cm³/mol. The van der Waals surface area contributed by atoms with Crippen molar-refractivity contribution in [1.82, 2.24) is 19.9 Å². The number of aromatic nitrogens is 3. The van der Waals surface area contributed by atoms with Crippen LogP contribution in [-0.2, 0) is 6.54 Å². The van der Waals surface area contributed by atoms with Crippen LogP contribution in [0.15, 0.2) is 30.7 Å². The van der Waals surface area contributed by atoms with Crippen LogP contribution in [0.25, 0.3) is 0 Å². The van der Waals surface area contributed by atoms with Gasteiger partial charge < -0.3 is 15.6 Å². The maximum atomic E-state index is 12.4. The van der Waals surface area contributed by atoms with Crippen LogP contribution < -0.4 is 5.73 Å². The van der Waals surface area contributed by atoms with Gasteiger partial charge in [-0.15, -0.1) is 0 Å². The molecule has 0 radical (unpaired) electrons. The Hall–Kier alpha value is -2.65. The number of pyridine rings is 1. The van der Waals surface area contributed by atoms with Gasteiger partial charge in [-0.25, -0.2) is 9.97 Å². The number of nitrogens with zero attached hydrogens (tertiary/aromatic N) is 3. The van der Waals surface area contributed by atoms with Crippen LogP contribution in [0.1, 0.15) is 21.9 Å². The van der Waals surface area contributed by atoms with E-state index in [9.17, 15) is 4.79 Å². The quantitative estimate of drug-likeness (QED) is 0.789. The van der Waals surface area contributed by atoms with Gasteiger partial charge in [-0.3, -0.25) is 4.79 Å². The van der Waals surface area contributed by atoms with Crippen LogP contribution in [0.2, 0.25) is 0 Å². The molecule has 6 nitrogen and oxygen atoms in total. The molecule has 0 saturated carbocycles. The van der Waals surface area contributed by atoms with Gasteiger partial charge in [-0.1, -0.05) is 11.8 Å². The van der Waals surface area contributed by atoms with Crippen molar-refractivity contribution in [1.29, 1.82) is 0 Å². The number of amides is 1. The lowest BCUT2D eigenvalue weighted by atomic mass is 10.2. The Morgan fingerprint density at radius 2 is 2.30 bits per heavy atom. The van der Waals surface area contributed by atoms with Gasteiger partial charge in [-0.05, 0) is 12.1 Å². The van der Waals surface area contributed by atoms with Crippen molar-refractivity contribution in [3.05, 3.63) is 47.8 Å². The minimum Gasteiger partial charge on any atom is -0.347 e. The molecular formula is C14H15N5O. The minimum absolute atomic E-state index is 0.205. The number of nitrogens with two attached hydrogens (primary N) is 1. The first-order valence-electron chi connectivity index (χ1n) is 6.10. The van der Waals surface area contributed by atoms with E-state index >= 15 is 0 Å². The highest BCUT2D eigenvalue weighted by atomic mass is 16.2. The molecule has 0 aliphatic rings. The molecule has 3 N–H and O–H groups in total. The fourth-order valence-corrected chi connectivity index (χ4v) is 1.68. The van der Waals surface area contributed by atoms with Crippen LogP contribution in [0, 0.1) is 11.8 Å². The Kier molecular flexibility index (Phi) is 4.47. The molecule has 0 aliphatic carbocycles. The third kappa shape index (κ3) is 3.22. The maximum Gasteiger partial charge on any atom is 0.273 e. The molecule has 1 amide bonds. The largest absolute Gasteiger partial charge is 0.347 e. The predicted octanol–water partition coefficient (Wildman–Crippen LogP) is 0.387. The van der Waals surface area contributed by atoms with Crippen molar-refractivity contribution in [2.24, 2.45) is 5.73 Å². The van der Waals surface area contributed by atoms with E-state index in [0.717, 1.165) is 0 Å². The van der Waals surface area contributed by atoms with Crippen molar-refractivity contribution in [3.63, 3.8) is 0 Å². The Labute approximate surface area is 117 Å². The van der Waals surface area contributed by atoms with Gasteiger partial charge in [0.2, 0.25) is 0 Å². The topological polar surface area (TPSA) is 87.9 Å². The molecule has 2 heterocycles. The summed E-state index contributed by atoms with van der Waals surface area (Å²) in [5.74, 6) is 6.10. The average molecular weight is 269 g/mol. The zero-order valence-electron chi connectivity index (χ0n) is 11.1. The van der Waals surface area contributed by atoms with Crippen molar-refractivity contribution >= 4 is 5.91 Å². The second-order valence-electron chi connectivity index (χ2n) is 4.10. The molecule has 0 atom stereocenters. The Morgan fingerprint density at radius 1 is 1.45 bits per heavy atom. The average Bonchev–Trinajstić information content (AvgIpc) is 2.97. The van der Waals surface area contributed by atoms with Crippen LogP contribution in [0.3, 0.4) is 0 Å². The first kappa shape index (κ1) is 13.8. The lowest BCUT2D eigenvalue weighted by Gasteiger charge is -2.15. The van der Waals surface area contributed by atoms with E-state index in [4.69, 9.17) is 5.73 Å². The summed E-state index contributed by atoms with van der Waals surface area (Å²) in [6.07, 6.45) is 4.93. The zero-order chi connectivity index (χ0) is 14.4. The molecule has 2 aromatic rings. The molecule has 0 fully saturated rings. The number of aromatic amines is 1. The number of hydrogen-bond donors (Lipinski definition) is 2. The number of H-pyrrole nitrogens is 1. The number of carbonyl (C=O) groups excluding carboxylic acids is 1. The van der Waals surface area contributed by atoms with Crippen LogP contribution in [0.4, 0.5) is 0 Å². The van der Waals surface area contributed by atoms with Gasteiger partial charge >= 0.3 is 0 Å². The van der Waals surface area contributed by atoms with Gasteiger partial charge in [0.15, 0.2) is 0 Å². The summed E-state index contributed by atoms with van der Waals surface area (Å²) in [6, 6.07) is 3.49. The molecule has 6 heteroatoms. The van der Waals surface area contributed by atoms with E-state index < -0.39 is 0 Å². The van der Waals surface area contributed by atoms with Crippen LogP contribution >= 0.6 is 0 Å². The fourth-order valence-electron chi connectivity index (χ4n) is 1.68. The molecule has 20 heavy (non-hydrogen) atoms. The third-order valence-electron chi connectivity index (χ3n) is 2.62. The third-order valence-corrected chi connectivity index (χ3v) is 2.62. The monoisotopic (exact) mass is 269 g/mol. The number of nitrogens with one attached hydrogen (secondary N) is 1.